The third-order valence-electron chi connectivity index (χ3n) is 3.92. The van der Waals surface area contributed by atoms with E-state index in [1.54, 1.807) is 6.92 Å². The predicted molar refractivity (Wildman–Crippen MR) is 73.8 cm³/mol. The summed E-state index contributed by atoms with van der Waals surface area (Å²) in [5, 5.41) is 12.5. The molecule has 0 radical (unpaired) electrons. The molecule has 0 aromatic rings. The number of hydrogen-bond acceptors (Lipinski definition) is 3. The molecular formula is C14H28N2O2. The van der Waals surface area contributed by atoms with Gasteiger partial charge in [-0.1, -0.05) is 20.8 Å². The first kappa shape index (κ1) is 15.4. The number of hydrogen-bond donors (Lipinski definition) is 2. The Labute approximate surface area is 111 Å². The number of nitrogens with one attached hydrogen (secondary N) is 1. The average molecular weight is 256 g/mol. The summed E-state index contributed by atoms with van der Waals surface area (Å²) in [5.74, 6) is -0.741. The van der Waals surface area contributed by atoms with Crippen LogP contribution in [0.15, 0.2) is 0 Å². The van der Waals surface area contributed by atoms with Crippen LogP contribution in [0.1, 0.15) is 47.0 Å². The Morgan fingerprint density at radius 1 is 1.50 bits per heavy atom. The van der Waals surface area contributed by atoms with Gasteiger partial charge in [-0.25, -0.2) is 0 Å². The first-order chi connectivity index (χ1) is 8.29. The van der Waals surface area contributed by atoms with Gasteiger partial charge in [0.05, 0.1) is 0 Å². The second-order valence-electron chi connectivity index (χ2n) is 6.50. The van der Waals surface area contributed by atoms with Crippen molar-refractivity contribution in [2.75, 3.05) is 26.2 Å². The van der Waals surface area contributed by atoms with Gasteiger partial charge in [0.1, 0.15) is 5.54 Å². The lowest BCUT2D eigenvalue weighted by Gasteiger charge is -2.29. The molecule has 106 valence electrons. The number of rotatable bonds is 7. The van der Waals surface area contributed by atoms with Crippen LogP contribution in [0.25, 0.3) is 0 Å². The Balaban J connectivity index is 2.45. The van der Waals surface area contributed by atoms with Crippen LogP contribution in [-0.2, 0) is 4.79 Å². The fourth-order valence-corrected chi connectivity index (χ4v) is 2.47. The molecule has 0 bridgehead atoms. The Hall–Kier alpha value is -0.610. The lowest BCUT2D eigenvalue weighted by Crippen LogP contribution is -2.51. The van der Waals surface area contributed by atoms with Crippen molar-refractivity contribution in [2.45, 2.75) is 52.5 Å². The third-order valence-corrected chi connectivity index (χ3v) is 3.92. The maximum Gasteiger partial charge on any atom is 0.323 e. The molecule has 0 saturated carbocycles. The van der Waals surface area contributed by atoms with E-state index >= 15 is 0 Å². The van der Waals surface area contributed by atoms with Gasteiger partial charge in [-0.3, -0.25) is 4.79 Å². The van der Waals surface area contributed by atoms with Crippen LogP contribution in [0.4, 0.5) is 0 Å². The van der Waals surface area contributed by atoms with Crippen molar-refractivity contribution in [3.8, 4) is 0 Å². The fourth-order valence-electron chi connectivity index (χ4n) is 2.47. The maximum atomic E-state index is 11.4. The van der Waals surface area contributed by atoms with Gasteiger partial charge in [0.25, 0.3) is 0 Å². The highest BCUT2D eigenvalue weighted by molar-refractivity contribution is 5.78. The maximum absolute atomic E-state index is 11.4. The molecule has 1 heterocycles. The molecule has 18 heavy (non-hydrogen) atoms. The Bertz CT molecular complexity index is 292. The van der Waals surface area contributed by atoms with Crippen molar-refractivity contribution in [3.63, 3.8) is 0 Å². The monoisotopic (exact) mass is 256 g/mol. The summed E-state index contributed by atoms with van der Waals surface area (Å²) < 4.78 is 0. The molecule has 1 saturated heterocycles. The first-order valence-corrected chi connectivity index (χ1v) is 7.00. The van der Waals surface area contributed by atoms with E-state index in [0.717, 1.165) is 32.6 Å². The zero-order valence-corrected chi connectivity index (χ0v) is 12.3. The largest absolute Gasteiger partial charge is 0.480 e. The number of carboxylic acids is 1. The van der Waals surface area contributed by atoms with Gasteiger partial charge < -0.3 is 15.3 Å². The average Bonchev–Trinajstić information content (AvgIpc) is 2.63. The molecule has 0 aromatic heterocycles. The third kappa shape index (κ3) is 4.25. The molecule has 4 nitrogen and oxygen atoms in total. The van der Waals surface area contributed by atoms with Gasteiger partial charge in [0.2, 0.25) is 0 Å². The zero-order valence-electron chi connectivity index (χ0n) is 12.3. The van der Waals surface area contributed by atoms with Crippen LogP contribution in [0.3, 0.4) is 0 Å². The fraction of sp³-hybridized carbons (Fsp3) is 0.929. The first-order valence-electron chi connectivity index (χ1n) is 7.00. The molecule has 1 aliphatic rings. The summed E-state index contributed by atoms with van der Waals surface area (Å²) in [6.45, 7) is 12.2. The van der Waals surface area contributed by atoms with Crippen molar-refractivity contribution >= 4 is 5.97 Å². The van der Waals surface area contributed by atoms with Crippen molar-refractivity contribution in [1.82, 2.24) is 10.2 Å². The van der Waals surface area contributed by atoms with Crippen molar-refractivity contribution in [2.24, 2.45) is 5.41 Å². The number of likely N-dealkylation sites (tertiary alicyclic amines) is 1. The second kappa shape index (κ2) is 6.02. The summed E-state index contributed by atoms with van der Waals surface area (Å²) in [7, 11) is 0. The minimum Gasteiger partial charge on any atom is -0.480 e. The summed E-state index contributed by atoms with van der Waals surface area (Å²) >= 11 is 0. The van der Waals surface area contributed by atoms with E-state index in [0.29, 0.717) is 11.8 Å². The number of nitrogens with zero attached hydrogens (tertiary/aromatic N) is 1. The second-order valence-corrected chi connectivity index (χ2v) is 6.50. The zero-order chi connectivity index (χ0) is 13.8. The number of carbonyl (C=O) groups is 1. The molecule has 0 amide bonds. The lowest BCUT2D eigenvalue weighted by atomic mass is 9.93. The van der Waals surface area contributed by atoms with E-state index < -0.39 is 11.5 Å². The van der Waals surface area contributed by atoms with E-state index in [-0.39, 0.29) is 0 Å². The Morgan fingerprint density at radius 2 is 2.17 bits per heavy atom. The molecular weight excluding hydrogens is 228 g/mol. The molecule has 2 N–H and O–H groups in total. The minimum absolute atomic E-state index is 0.385. The molecule has 0 spiro atoms. The van der Waals surface area contributed by atoms with Crippen molar-refractivity contribution < 1.29 is 9.90 Å². The summed E-state index contributed by atoms with van der Waals surface area (Å²) in [6, 6.07) is 0. The van der Waals surface area contributed by atoms with E-state index in [9.17, 15) is 9.90 Å². The molecule has 1 atom stereocenters. The van der Waals surface area contributed by atoms with Crippen LogP contribution in [0.5, 0.6) is 0 Å². The molecule has 1 aliphatic heterocycles. The van der Waals surface area contributed by atoms with Crippen LogP contribution >= 0.6 is 0 Å². The van der Waals surface area contributed by atoms with Gasteiger partial charge in [-0.2, -0.15) is 0 Å². The van der Waals surface area contributed by atoms with Crippen LogP contribution in [0.2, 0.25) is 0 Å². The van der Waals surface area contributed by atoms with Crippen LogP contribution < -0.4 is 5.32 Å². The number of aliphatic carboxylic acids is 1. The number of carboxylic acid groups (broad SMARTS) is 1. The van der Waals surface area contributed by atoms with Crippen LogP contribution in [0, 0.1) is 5.41 Å². The van der Waals surface area contributed by atoms with Gasteiger partial charge >= 0.3 is 5.97 Å². The highest BCUT2D eigenvalue weighted by Gasteiger charge is 2.35. The SMILES string of the molecule is CCCNC(C)(CCN1CCC(C)(C)C1)C(=O)O. The Kier molecular flexibility index (Phi) is 5.17. The van der Waals surface area contributed by atoms with Gasteiger partial charge in [-0.15, -0.1) is 0 Å². The van der Waals surface area contributed by atoms with E-state index in [1.807, 2.05) is 0 Å². The van der Waals surface area contributed by atoms with E-state index in [4.69, 9.17) is 0 Å². The molecule has 1 unspecified atom stereocenters. The molecule has 1 fully saturated rings. The molecule has 1 rings (SSSR count). The lowest BCUT2D eigenvalue weighted by molar-refractivity contribution is -0.144. The standard InChI is InChI=1S/C14H28N2O2/c1-5-8-15-14(4,12(17)18)7-10-16-9-6-13(2,3)11-16/h15H,5-11H2,1-4H3,(H,17,18). The molecule has 0 aliphatic carbocycles. The predicted octanol–water partition coefficient (Wildman–Crippen LogP) is 1.95. The summed E-state index contributed by atoms with van der Waals surface area (Å²) in [4.78, 5) is 13.8. The molecule has 0 aromatic carbocycles. The van der Waals surface area contributed by atoms with E-state index in [1.165, 1.54) is 6.42 Å². The summed E-state index contributed by atoms with van der Waals surface area (Å²) in [5.41, 5.74) is -0.404. The van der Waals surface area contributed by atoms with Crippen molar-refractivity contribution in [3.05, 3.63) is 0 Å². The smallest absolute Gasteiger partial charge is 0.323 e. The van der Waals surface area contributed by atoms with Gasteiger partial charge in [0, 0.05) is 13.1 Å². The Morgan fingerprint density at radius 3 is 2.61 bits per heavy atom. The normalized spacial score (nSPS) is 22.9. The minimum atomic E-state index is -0.789. The molecule has 4 heteroatoms. The van der Waals surface area contributed by atoms with Crippen LogP contribution in [-0.4, -0.2) is 47.7 Å². The van der Waals surface area contributed by atoms with Crippen molar-refractivity contribution in [1.29, 1.82) is 0 Å². The van der Waals surface area contributed by atoms with Gasteiger partial charge in [-0.05, 0) is 44.7 Å². The van der Waals surface area contributed by atoms with E-state index in [2.05, 4.69) is 31.0 Å². The highest BCUT2D eigenvalue weighted by atomic mass is 16.4. The summed E-state index contributed by atoms with van der Waals surface area (Å²) in [6.07, 6.45) is 2.83. The van der Waals surface area contributed by atoms with Gasteiger partial charge in [0.15, 0.2) is 0 Å². The highest BCUT2D eigenvalue weighted by Crippen LogP contribution is 2.29. The topological polar surface area (TPSA) is 52.6 Å². The quantitative estimate of drug-likeness (QED) is 0.731.